The van der Waals surface area contributed by atoms with Gasteiger partial charge in [-0.2, -0.15) is 0 Å². The second-order valence-electron chi connectivity index (χ2n) is 7.22. The van der Waals surface area contributed by atoms with Crippen molar-refractivity contribution in [3.05, 3.63) is 137 Å². The third-order valence-electron chi connectivity index (χ3n) is 5.37. The van der Waals surface area contributed by atoms with Crippen LogP contribution in [0.15, 0.2) is 115 Å². The Bertz CT molecular complexity index is 1190. The van der Waals surface area contributed by atoms with Crippen LogP contribution in [0.1, 0.15) is 16.7 Å². The summed E-state index contributed by atoms with van der Waals surface area (Å²) in [5.41, 5.74) is 3.17. The van der Waals surface area contributed by atoms with Gasteiger partial charge in [0.1, 0.15) is 0 Å². The topological polar surface area (TPSA) is 43.6 Å². The fourth-order valence-corrected chi connectivity index (χ4v) is 4.17. The Hall–Kier alpha value is -3.76. The molecule has 31 heavy (non-hydrogen) atoms. The number of rotatable bonds is 5. The first-order valence-corrected chi connectivity index (χ1v) is 10.4. The lowest BCUT2D eigenvalue weighted by Crippen LogP contribution is -2.39. The molecule has 0 amide bonds. The zero-order valence-electron chi connectivity index (χ0n) is 16.6. The lowest BCUT2D eigenvalue weighted by atomic mass is 9.77. The van der Waals surface area contributed by atoms with Gasteiger partial charge in [-0.1, -0.05) is 115 Å². The van der Waals surface area contributed by atoms with Crippen molar-refractivity contribution in [3.8, 4) is 11.4 Å². The Morgan fingerprint density at radius 2 is 1.13 bits per heavy atom. The van der Waals surface area contributed by atoms with Gasteiger partial charge in [-0.15, -0.1) is 15.0 Å². The number of benzene rings is 4. The van der Waals surface area contributed by atoms with Gasteiger partial charge >= 0.3 is 0 Å². The maximum absolute atomic E-state index is 6.20. The molecule has 5 aromatic rings. The summed E-state index contributed by atoms with van der Waals surface area (Å²) in [4.78, 5) is 1.71. The monoisotopic (exact) mass is 422 g/mol. The first-order chi connectivity index (χ1) is 15.3. The molecule has 4 nitrogen and oxygen atoms in total. The summed E-state index contributed by atoms with van der Waals surface area (Å²) in [6.45, 7) is 0. The summed E-state index contributed by atoms with van der Waals surface area (Å²) in [6, 6.07) is 38.3. The molecular formula is C26H19ClN4. The number of hydrogen-bond acceptors (Lipinski definition) is 3. The van der Waals surface area contributed by atoms with E-state index in [2.05, 4.69) is 46.7 Å². The molecule has 0 fully saturated rings. The minimum absolute atomic E-state index is 0.523. The molecular weight excluding hydrogens is 404 g/mol. The molecule has 0 unspecified atom stereocenters. The molecule has 0 N–H and O–H groups in total. The molecule has 5 rings (SSSR count). The normalized spacial score (nSPS) is 11.4. The molecule has 0 saturated heterocycles. The van der Waals surface area contributed by atoms with E-state index in [0.717, 1.165) is 22.3 Å². The van der Waals surface area contributed by atoms with Crippen LogP contribution in [0.2, 0.25) is 5.02 Å². The predicted octanol–water partition coefficient (Wildman–Crippen LogP) is 5.83. The number of nitrogens with zero attached hydrogens (tertiary/aromatic N) is 4. The van der Waals surface area contributed by atoms with Gasteiger partial charge in [-0.3, -0.25) is 0 Å². The van der Waals surface area contributed by atoms with Crippen molar-refractivity contribution in [2.24, 2.45) is 0 Å². The second kappa shape index (κ2) is 8.17. The molecule has 1 heterocycles. The van der Waals surface area contributed by atoms with Crippen molar-refractivity contribution in [3.63, 3.8) is 0 Å². The van der Waals surface area contributed by atoms with E-state index in [1.165, 1.54) is 0 Å². The van der Waals surface area contributed by atoms with Crippen LogP contribution in [0.5, 0.6) is 0 Å². The fraction of sp³-hybridized carbons (Fsp3) is 0.0385. The summed E-state index contributed by atoms with van der Waals surface area (Å²) >= 11 is 6.20. The zero-order chi connectivity index (χ0) is 21.1. The minimum Gasteiger partial charge on any atom is -0.144 e. The molecule has 0 aliphatic carbocycles. The van der Waals surface area contributed by atoms with Gasteiger partial charge in [-0.05, 0) is 34.0 Å². The van der Waals surface area contributed by atoms with Crippen LogP contribution in [-0.2, 0) is 5.54 Å². The first-order valence-electron chi connectivity index (χ1n) is 10.0. The van der Waals surface area contributed by atoms with E-state index >= 15 is 0 Å². The van der Waals surface area contributed by atoms with E-state index in [4.69, 9.17) is 16.7 Å². The van der Waals surface area contributed by atoms with E-state index in [9.17, 15) is 0 Å². The van der Waals surface area contributed by atoms with E-state index in [1.54, 1.807) is 4.80 Å². The lowest BCUT2D eigenvalue weighted by molar-refractivity contribution is 0.396. The molecule has 0 atom stereocenters. The molecule has 0 saturated carbocycles. The summed E-state index contributed by atoms with van der Waals surface area (Å²) in [5.74, 6) is 0.523. The largest absolute Gasteiger partial charge is 0.205 e. The van der Waals surface area contributed by atoms with Gasteiger partial charge in [0.15, 0.2) is 5.54 Å². The molecule has 0 aliphatic rings. The van der Waals surface area contributed by atoms with Crippen LogP contribution in [0.3, 0.4) is 0 Å². The molecule has 1 aromatic heterocycles. The van der Waals surface area contributed by atoms with Crippen molar-refractivity contribution < 1.29 is 0 Å². The molecule has 5 heteroatoms. The van der Waals surface area contributed by atoms with Crippen molar-refractivity contribution in [1.29, 1.82) is 0 Å². The molecule has 150 valence electrons. The average molecular weight is 423 g/mol. The lowest BCUT2D eigenvalue weighted by Gasteiger charge is -2.34. The Kier molecular flexibility index (Phi) is 5.06. The Morgan fingerprint density at radius 1 is 0.613 bits per heavy atom. The van der Waals surface area contributed by atoms with Gasteiger partial charge in [0.05, 0.1) is 0 Å². The highest BCUT2D eigenvalue weighted by Gasteiger charge is 2.41. The smallest absolute Gasteiger partial charge is 0.144 e. The van der Waals surface area contributed by atoms with Gasteiger partial charge in [0.2, 0.25) is 5.82 Å². The Morgan fingerprint density at radius 3 is 1.61 bits per heavy atom. The molecule has 0 aliphatic heterocycles. The van der Waals surface area contributed by atoms with Crippen LogP contribution in [0, 0.1) is 0 Å². The predicted molar refractivity (Wildman–Crippen MR) is 123 cm³/mol. The van der Waals surface area contributed by atoms with Gasteiger partial charge in [0.25, 0.3) is 0 Å². The average Bonchev–Trinajstić information content (AvgIpc) is 3.32. The van der Waals surface area contributed by atoms with Crippen LogP contribution in [0.25, 0.3) is 11.4 Å². The number of hydrogen-bond donors (Lipinski definition) is 0. The Labute approximate surface area is 185 Å². The van der Waals surface area contributed by atoms with Crippen molar-refractivity contribution >= 4 is 11.6 Å². The highest BCUT2D eigenvalue weighted by Crippen LogP contribution is 2.39. The minimum atomic E-state index is -0.784. The highest BCUT2D eigenvalue weighted by molar-refractivity contribution is 6.30. The van der Waals surface area contributed by atoms with Crippen molar-refractivity contribution in [1.82, 2.24) is 20.2 Å². The Balaban J connectivity index is 1.81. The molecule has 4 aromatic carbocycles. The van der Waals surface area contributed by atoms with Crippen molar-refractivity contribution in [2.75, 3.05) is 0 Å². The summed E-state index contributed by atoms with van der Waals surface area (Å²) < 4.78 is 0. The summed E-state index contributed by atoms with van der Waals surface area (Å²) in [7, 11) is 0. The highest BCUT2D eigenvalue weighted by atomic mass is 35.5. The van der Waals surface area contributed by atoms with E-state index < -0.39 is 5.54 Å². The van der Waals surface area contributed by atoms with Gasteiger partial charge in [-0.25, -0.2) is 0 Å². The SMILES string of the molecule is Clc1cccc(-c2nnn(C(c3ccccc3)(c3ccccc3)c3ccccc3)n2)c1. The number of aromatic nitrogens is 4. The standard InChI is InChI=1S/C26H19ClN4/c27-24-18-10-11-20(19-24)25-28-30-31(29-25)26(21-12-4-1-5-13-21,22-14-6-2-7-15-22)23-16-8-3-9-17-23/h1-19H. The maximum Gasteiger partial charge on any atom is 0.205 e. The molecule has 0 radical (unpaired) electrons. The van der Waals surface area contributed by atoms with E-state index in [-0.39, 0.29) is 0 Å². The first kappa shape index (κ1) is 19.2. The zero-order valence-corrected chi connectivity index (χ0v) is 17.4. The summed E-state index contributed by atoms with van der Waals surface area (Å²) in [5, 5.41) is 14.4. The van der Waals surface area contributed by atoms with Gasteiger partial charge < -0.3 is 0 Å². The van der Waals surface area contributed by atoms with Crippen LogP contribution in [0.4, 0.5) is 0 Å². The van der Waals surface area contributed by atoms with Crippen LogP contribution >= 0.6 is 11.6 Å². The number of tetrazole rings is 1. The fourth-order valence-electron chi connectivity index (χ4n) is 3.98. The number of halogens is 1. The molecule has 0 bridgehead atoms. The summed E-state index contributed by atoms with van der Waals surface area (Å²) in [6.07, 6.45) is 0. The second-order valence-corrected chi connectivity index (χ2v) is 7.66. The van der Waals surface area contributed by atoms with Gasteiger partial charge in [0, 0.05) is 10.6 Å². The van der Waals surface area contributed by atoms with Crippen molar-refractivity contribution in [2.45, 2.75) is 5.54 Å². The van der Waals surface area contributed by atoms with E-state index in [1.807, 2.05) is 78.9 Å². The third-order valence-corrected chi connectivity index (χ3v) is 5.61. The molecule has 0 spiro atoms. The van der Waals surface area contributed by atoms with E-state index in [0.29, 0.717) is 10.8 Å². The quantitative estimate of drug-likeness (QED) is 0.334. The van der Waals surface area contributed by atoms with Crippen LogP contribution < -0.4 is 0 Å². The van der Waals surface area contributed by atoms with Crippen LogP contribution in [-0.4, -0.2) is 20.2 Å². The maximum atomic E-state index is 6.20. The third kappa shape index (κ3) is 3.41.